The van der Waals surface area contributed by atoms with E-state index in [2.05, 4.69) is 68.5 Å². The Balaban J connectivity index is 1.16. The Morgan fingerprint density at radius 2 is 0.562 bits per heavy atom. The van der Waals surface area contributed by atoms with Crippen LogP contribution in [0.5, 0.6) is 34.5 Å². The molecule has 0 N–H and O–H groups in total. The second-order valence-corrected chi connectivity index (χ2v) is 10.6. The molecule has 0 saturated heterocycles. The third kappa shape index (κ3) is 6.28. The Labute approximate surface area is 278 Å². The number of benzene rings is 4. The van der Waals surface area contributed by atoms with Gasteiger partial charge in [0, 0.05) is 47.0 Å². The van der Waals surface area contributed by atoms with Gasteiger partial charge in [-0.25, -0.2) is 19.9 Å². The summed E-state index contributed by atoms with van der Waals surface area (Å²) in [6, 6.07) is 23.9. The second-order valence-electron chi connectivity index (χ2n) is 10.6. The summed E-state index contributed by atoms with van der Waals surface area (Å²) < 4.78 is 32.7. The van der Waals surface area contributed by atoms with Crippen molar-refractivity contribution in [3.8, 4) is 90.7 Å². The Morgan fingerprint density at radius 3 is 0.792 bits per heavy atom. The summed E-state index contributed by atoms with van der Waals surface area (Å²) in [5, 5.41) is 0. The lowest BCUT2D eigenvalue weighted by Gasteiger charge is -2.13. The Kier molecular flexibility index (Phi) is 9.33. The van der Waals surface area contributed by atoms with Gasteiger partial charge >= 0.3 is 0 Å². The number of hydrogen-bond acceptors (Lipinski definition) is 10. The average Bonchev–Trinajstić information content (AvgIpc) is 3.16. The zero-order chi connectivity index (χ0) is 33.6. The molecule has 0 aliphatic rings. The first-order valence-corrected chi connectivity index (χ1v) is 15.0. The number of aromatic nitrogens is 4. The third-order valence-corrected chi connectivity index (χ3v) is 7.92. The summed E-state index contributed by atoms with van der Waals surface area (Å²) in [6.45, 7) is 0. The van der Waals surface area contributed by atoms with Crippen LogP contribution in [0, 0.1) is 0 Å². The first-order valence-electron chi connectivity index (χ1n) is 15.0. The van der Waals surface area contributed by atoms with E-state index in [9.17, 15) is 0 Å². The molecule has 4 aromatic carbocycles. The SMILES string of the molecule is COc1cc(-c2ncc(-c3ccc(-c4ccc(-c5cnc(-c6cc(OC)c(OC)c(OC)c6)nc5)cc4)cc3)cn2)cc(OC)c1OC. The van der Waals surface area contributed by atoms with Crippen LogP contribution in [0.25, 0.3) is 56.2 Å². The molecule has 6 aromatic rings. The minimum absolute atomic E-state index is 0.520. The maximum atomic E-state index is 5.47. The molecule has 6 rings (SSSR count). The monoisotopic (exact) mass is 642 g/mol. The summed E-state index contributed by atoms with van der Waals surface area (Å²) in [5.41, 5.74) is 7.54. The molecule has 2 aromatic heterocycles. The second kappa shape index (κ2) is 14.1. The topological polar surface area (TPSA) is 107 Å². The molecule has 10 heteroatoms. The van der Waals surface area contributed by atoms with Crippen LogP contribution in [0.4, 0.5) is 0 Å². The van der Waals surface area contributed by atoms with E-state index < -0.39 is 0 Å². The van der Waals surface area contributed by atoms with Gasteiger partial charge < -0.3 is 28.4 Å². The fourth-order valence-electron chi connectivity index (χ4n) is 5.38. The molecular formula is C38H34N4O6. The van der Waals surface area contributed by atoms with Crippen molar-refractivity contribution in [2.24, 2.45) is 0 Å². The number of ether oxygens (including phenoxy) is 6. The Morgan fingerprint density at radius 1 is 0.312 bits per heavy atom. The van der Waals surface area contributed by atoms with Crippen LogP contribution in [0.3, 0.4) is 0 Å². The third-order valence-electron chi connectivity index (χ3n) is 7.92. The largest absolute Gasteiger partial charge is 0.493 e. The van der Waals surface area contributed by atoms with Crippen LogP contribution in [0.1, 0.15) is 0 Å². The van der Waals surface area contributed by atoms with Crippen LogP contribution in [-0.4, -0.2) is 62.6 Å². The van der Waals surface area contributed by atoms with Gasteiger partial charge in [-0.1, -0.05) is 48.5 Å². The highest BCUT2D eigenvalue weighted by Gasteiger charge is 2.17. The molecule has 0 atom stereocenters. The molecule has 242 valence electrons. The molecule has 0 unspecified atom stereocenters. The van der Waals surface area contributed by atoms with Crippen molar-refractivity contribution in [2.45, 2.75) is 0 Å². The van der Waals surface area contributed by atoms with Gasteiger partial charge in [0.25, 0.3) is 0 Å². The van der Waals surface area contributed by atoms with E-state index in [4.69, 9.17) is 28.4 Å². The predicted molar refractivity (Wildman–Crippen MR) is 184 cm³/mol. The zero-order valence-electron chi connectivity index (χ0n) is 27.5. The maximum Gasteiger partial charge on any atom is 0.203 e. The number of rotatable bonds is 11. The van der Waals surface area contributed by atoms with Crippen LogP contribution in [-0.2, 0) is 0 Å². The molecule has 0 fully saturated rings. The molecule has 0 aliphatic heterocycles. The van der Waals surface area contributed by atoms with Gasteiger partial charge in [0.1, 0.15) is 0 Å². The van der Waals surface area contributed by atoms with E-state index in [1.165, 1.54) is 0 Å². The van der Waals surface area contributed by atoms with Gasteiger partial charge in [0.2, 0.25) is 11.5 Å². The molecule has 0 spiro atoms. The first-order chi connectivity index (χ1) is 23.5. The van der Waals surface area contributed by atoms with Crippen molar-refractivity contribution in [1.82, 2.24) is 19.9 Å². The fourth-order valence-corrected chi connectivity index (χ4v) is 5.38. The van der Waals surface area contributed by atoms with Crippen molar-refractivity contribution in [3.05, 3.63) is 97.6 Å². The minimum atomic E-state index is 0.520. The van der Waals surface area contributed by atoms with Crippen LogP contribution in [0.15, 0.2) is 97.6 Å². The molecule has 48 heavy (non-hydrogen) atoms. The van der Waals surface area contributed by atoms with E-state index in [1.807, 2.05) is 49.1 Å². The van der Waals surface area contributed by atoms with Gasteiger partial charge in [-0.05, 0) is 46.5 Å². The lowest BCUT2D eigenvalue weighted by Crippen LogP contribution is -1.97. The molecule has 2 heterocycles. The number of methoxy groups -OCH3 is 6. The number of hydrogen-bond donors (Lipinski definition) is 0. The molecule has 0 aliphatic carbocycles. The maximum absolute atomic E-state index is 5.47. The fraction of sp³-hybridized carbons (Fsp3) is 0.158. The quantitative estimate of drug-likeness (QED) is 0.140. The normalized spacial score (nSPS) is 10.7. The van der Waals surface area contributed by atoms with Crippen molar-refractivity contribution in [3.63, 3.8) is 0 Å². The molecule has 0 amide bonds. The van der Waals surface area contributed by atoms with Crippen molar-refractivity contribution in [2.75, 3.05) is 42.7 Å². The smallest absolute Gasteiger partial charge is 0.203 e. The Bertz CT molecular complexity index is 1820. The van der Waals surface area contributed by atoms with Crippen molar-refractivity contribution < 1.29 is 28.4 Å². The highest BCUT2D eigenvalue weighted by atomic mass is 16.5. The summed E-state index contributed by atoms with van der Waals surface area (Å²) in [7, 11) is 9.47. The summed E-state index contributed by atoms with van der Waals surface area (Å²) >= 11 is 0. The minimum Gasteiger partial charge on any atom is -0.493 e. The first kappa shape index (κ1) is 31.8. The summed E-state index contributed by atoms with van der Waals surface area (Å²) in [4.78, 5) is 18.4. The van der Waals surface area contributed by atoms with E-state index in [0.29, 0.717) is 46.1 Å². The molecular weight excluding hydrogens is 608 g/mol. The molecule has 0 radical (unpaired) electrons. The van der Waals surface area contributed by atoms with E-state index in [0.717, 1.165) is 44.5 Å². The number of nitrogens with zero attached hydrogens (tertiary/aromatic N) is 4. The summed E-state index contributed by atoms with van der Waals surface area (Å²) in [5.74, 6) is 4.32. The highest BCUT2D eigenvalue weighted by molar-refractivity contribution is 5.74. The predicted octanol–water partition coefficient (Wildman–Crippen LogP) is 7.65. The lowest BCUT2D eigenvalue weighted by molar-refractivity contribution is 0.324. The average molecular weight is 643 g/mol. The molecule has 10 nitrogen and oxygen atoms in total. The molecule has 0 saturated carbocycles. The van der Waals surface area contributed by atoms with E-state index >= 15 is 0 Å². The van der Waals surface area contributed by atoms with Crippen molar-refractivity contribution >= 4 is 0 Å². The van der Waals surface area contributed by atoms with Gasteiger partial charge in [-0.3, -0.25) is 0 Å². The van der Waals surface area contributed by atoms with E-state index in [1.54, 1.807) is 42.7 Å². The lowest BCUT2D eigenvalue weighted by atomic mass is 9.99. The standard InChI is InChI=1S/C38H34N4O6/c1-43-31-15-27(16-32(44-2)35(31)47-5)37-39-19-29(20-40-37)25-11-7-23(8-12-25)24-9-13-26(14-10-24)30-21-41-38(42-22-30)28-17-33(45-3)36(48-6)34(18-28)46-4/h7-22H,1-6H3. The van der Waals surface area contributed by atoms with Gasteiger partial charge in [0.05, 0.1) is 42.7 Å². The van der Waals surface area contributed by atoms with E-state index in [-0.39, 0.29) is 0 Å². The van der Waals surface area contributed by atoms with Crippen molar-refractivity contribution in [1.29, 1.82) is 0 Å². The van der Waals surface area contributed by atoms with Crippen LogP contribution >= 0.6 is 0 Å². The van der Waals surface area contributed by atoms with Crippen LogP contribution in [0.2, 0.25) is 0 Å². The zero-order valence-corrected chi connectivity index (χ0v) is 27.5. The van der Waals surface area contributed by atoms with Gasteiger partial charge in [0.15, 0.2) is 34.6 Å². The van der Waals surface area contributed by atoms with Crippen LogP contribution < -0.4 is 28.4 Å². The van der Waals surface area contributed by atoms with Gasteiger partial charge in [-0.2, -0.15) is 0 Å². The molecule has 0 bridgehead atoms. The highest BCUT2D eigenvalue weighted by Crippen LogP contribution is 2.42. The summed E-state index contributed by atoms with van der Waals surface area (Å²) in [6.07, 6.45) is 7.24. The van der Waals surface area contributed by atoms with Gasteiger partial charge in [-0.15, -0.1) is 0 Å². The Hall–Kier alpha value is -6.16.